The number of nitrogens with zero attached hydrogens (tertiary/aromatic N) is 1. The smallest absolute Gasteiger partial charge is 0.217 e. The molecule has 0 unspecified atom stereocenters. The second-order valence-corrected chi connectivity index (χ2v) is 5.60. The van der Waals surface area contributed by atoms with E-state index in [2.05, 4.69) is 0 Å². The number of benzene rings is 1. The van der Waals surface area contributed by atoms with Crippen LogP contribution in [0, 0.1) is 5.21 Å². The van der Waals surface area contributed by atoms with Gasteiger partial charge in [0.2, 0.25) is 6.21 Å². The van der Waals surface area contributed by atoms with E-state index in [4.69, 9.17) is 9.15 Å². The van der Waals surface area contributed by atoms with Gasteiger partial charge >= 0.3 is 0 Å². The number of rotatable bonds is 5. The number of hydrogen-bond donors (Lipinski definition) is 0. The molecule has 0 saturated carbocycles. The molecule has 1 aromatic carbocycles. The van der Waals surface area contributed by atoms with Crippen molar-refractivity contribution in [3.05, 3.63) is 47.4 Å². The summed E-state index contributed by atoms with van der Waals surface area (Å²) >= 11 is 1.50. The fourth-order valence-electron chi connectivity index (χ4n) is 1.49. The third kappa shape index (κ3) is 3.81. The Morgan fingerprint density at radius 1 is 1.20 bits per heavy atom. The highest BCUT2D eigenvalue weighted by molar-refractivity contribution is 7.99. The van der Waals surface area contributed by atoms with Crippen molar-refractivity contribution >= 4 is 18.0 Å². The van der Waals surface area contributed by atoms with Crippen molar-refractivity contribution in [2.45, 2.75) is 29.9 Å². The highest BCUT2D eigenvalue weighted by atomic mass is 32.2. The molecule has 1 aromatic heterocycles. The summed E-state index contributed by atoms with van der Waals surface area (Å²) in [5.41, 5.74) is 0. The lowest BCUT2D eigenvalue weighted by Crippen LogP contribution is -2.14. The van der Waals surface area contributed by atoms with Crippen LogP contribution in [0.25, 0.3) is 0 Å². The monoisotopic (exact) mass is 291 g/mol. The van der Waals surface area contributed by atoms with Gasteiger partial charge in [0.25, 0.3) is 0 Å². The molecule has 0 aliphatic carbocycles. The topological polar surface area (TPSA) is 48.4 Å². The molecule has 106 valence electrons. The van der Waals surface area contributed by atoms with Gasteiger partial charge in [0, 0.05) is 4.90 Å². The zero-order valence-electron chi connectivity index (χ0n) is 11.7. The molecule has 0 aliphatic rings. The lowest BCUT2D eigenvalue weighted by Gasteiger charge is -2.05. The first kappa shape index (κ1) is 14.5. The Balaban J connectivity index is 2.07. The summed E-state index contributed by atoms with van der Waals surface area (Å²) in [4.78, 5) is 1.05. The first-order valence-corrected chi connectivity index (χ1v) is 7.12. The third-order valence-corrected chi connectivity index (χ3v) is 3.57. The van der Waals surface area contributed by atoms with Crippen molar-refractivity contribution in [3.63, 3.8) is 0 Å². The maximum absolute atomic E-state index is 11.5. The molecule has 2 rings (SSSR count). The zero-order chi connectivity index (χ0) is 14.5. The van der Waals surface area contributed by atoms with Gasteiger partial charge in [-0.1, -0.05) is 11.8 Å². The van der Waals surface area contributed by atoms with Crippen LogP contribution in [-0.4, -0.2) is 24.1 Å². The predicted molar refractivity (Wildman–Crippen MR) is 79.8 cm³/mol. The molecule has 0 fully saturated rings. The van der Waals surface area contributed by atoms with Gasteiger partial charge in [0.05, 0.1) is 7.11 Å². The summed E-state index contributed by atoms with van der Waals surface area (Å²) in [5.74, 6) is 1.38. The number of hydrogen-bond acceptors (Lipinski definition) is 4. The van der Waals surface area contributed by atoms with E-state index in [1.165, 1.54) is 18.0 Å². The molecule has 0 spiro atoms. The van der Waals surface area contributed by atoms with Crippen LogP contribution in [-0.2, 0) is 0 Å². The molecule has 0 amide bonds. The summed E-state index contributed by atoms with van der Waals surface area (Å²) in [7, 11) is 1.64. The zero-order valence-corrected chi connectivity index (χ0v) is 12.5. The maximum Gasteiger partial charge on any atom is 0.217 e. The minimum atomic E-state index is -0.0993. The van der Waals surface area contributed by atoms with Crippen molar-refractivity contribution in [3.8, 4) is 5.75 Å². The van der Waals surface area contributed by atoms with Gasteiger partial charge in [-0.15, -0.1) is 0 Å². The predicted octanol–water partition coefficient (Wildman–Crippen LogP) is 3.78. The number of methoxy groups -OCH3 is 1. The second-order valence-electron chi connectivity index (χ2n) is 4.52. The lowest BCUT2D eigenvalue weighted by molar-refractivity contribution is -0.487. The molecule has 20 heavy (non-hydrogen) atoms. The van der Waals surface area contributed by atoms with E-state index in [9.17, 15) is 5.21 Å². The van der Waals surface area contributed by atoms with Gasteiger partial charge in [-0.25, -0.2) is 4.74 Å². The average molecular weight is 291 g/mol. The van der Waals surface area contributed by atoms with Crippen LogP contribution in [0.5, 0.6) is 5.75 Å². The molecule has 0 radical (unpaired) electrons. The number of furan rings is 1. The molecule has 0 saturated heterocycles. The van der Waals surface area contributed by atoms with Gasteiger partial charge in [0.1, 0.15) is 5.75 Å². The summed E-state index contributed by atoms with van der Waals surface area (Å²) < 4.78 is 11.6. The van der Waals surface area contributed by atoms with E-state index < -0.39 is 0 Å². The Kier molecular flexibility index (Phi) is 4.74. The Morgan fingerprint density at radius 3 is 2.50 bits per heavy atom. The first-order valence-electron chi connectivity index (χ1n) is 6.30. The van der Waals surface area contributed by atoms with Crippen LogP contribution in [0.4, 0.5) is 0 Å². The molecule has 5 heteroatoms. The third-order valence-electron chi connectivity index (χ3n) is 2.64. The van der Waals surface area contributed by atoms with Crippen molar-refractivity contribution in [2.75, 3.05) is 7.11 Å². The van der Waals surface area contributed by atoms with E-state index >= 15 is 0 Å². The van der Waals surface area contributed by atoms with Crippen molar-refractivity contribution < 1.29 is 13.9 Å². The first-order chi connectivity index (χ1) is 9.58. The van der Waals surface area contributed by atoms with Gasteiger partial charge in [-0.3, -0.25) is 0 Å². The van der Waals surface area contributed by atoms with E-state index in [0.717, 1.165) is 20.5 Å². The summed E-state index contributed by atoms with van der Waals surface area (Å²) in [6.07, 6.45) is 1.46. The largest absolute Gasteiger partial charge is 0.624 e. The van der Waals surface area contributed by atoms with E-state index in [1.54, 1.807) is 13.2 Å². The average Bonchev–Trinajstić information content (AvgIpc) is 2.86. The Labute approximate surface area is 122 Å². The summed E-state index contributed by atoms with van der Waals surface area (Å²) in [6, 6.07) is 11.3. The van der Waals surface area contributed by atoms with Crippen LogP contribution in [0.2, 0.25) is 0 Å². The highest BCUT2D eigenvalue weighted by Gasteiger charge is 2.07. The Hall–Kier alpha value is -1.88. The molecule has 0 aliphatic heterocycles. The van der Waals surface area contributed by atoms with Crippen molar-refractivity contribution in [1.82, 2.24) is 0 Å². The quantitative estimate of drug-likeness (QED) is 0.364. The standard InChI is InChI=1S/C15H17NO3S/c1-11(2)16(17)10-13-6-9-15(19-13)20-14-7-4-12(18-3)5-8-14/h4-11H,1-3H3/b16-10-. The van der Waals surface area contributed by atoms with Crippen molar-refractivity contribution in [2.24, 2.45) is 0 Å². The van der Waals surface area contributed by atoms with Gasteiger partial charge in [-0.2, -0.15) is 0 Å². The molecule has 0 atom stereocenters. The minimum absolute atomic E-state index is 0.0993. The van der Waals surface area contributed by atoms with Gasteiger partial charge in [-0.05, 0) is 50.2 Å². The van der Waals surface area contributed by atoms with Crippen LogP contribution >= 0.6 is 11.8 Å². The maximum atomic E-state index is 11.5. The number of ether oxygens (including phenoxy) is 1. The number of hydroxylamine groups is 1. The van der Waals surface area contributed by atoms with Crippen LogP contribution in [0.15, 0.2) is 50.8 Å². The van der Waals surface area contributed by atoms with Crippen LogP contribution in [0.3, 0.4) is 0 Å². The molecule has 1 heterocycles. The van der Waals surface area contributed by atoms with Crippen LogP contribution < -0.4 is 4.74 Å². The van der Waals surface area contributed by atoms with Crippen molar-refractivity contribution in [1.29, 1.82) is 0 Å². The molecule has 0 bridgehead atoms. The highest BCUT2D eigenvalue weighted by Crippen LogP contribution is 2.30. The SMILES string of the molecule is COc1ccc(Sc2ccc(/C=[N+](\[O-])C(C)C)o2)cc1. The lowest BCUT2D eigenvalue weighted by atomic mass is 10.3. The molecular weight excluding hydrogens is 274 g/mol. The Morgan fingerprint density at radius 2 is 1.90 bits per heavy atom. The van der Waals surface area contributed by atoms with E-state index in [-0.39, 0.29) is 6.04 Å². The van der Waals surface area contributed by atoms with E-state index in [0.29, 0.717) is 5.76 Å². The van der Waals surface area contributed by atoms with Gasteiger partial charge < -0.3 is 14.4 Å². The molecular formula is C15H17NO3S. The Bertz CT molecular complexity index is 587. The van der Waals surface area contributed by atoms with Crippen LogP contribution in [0.1, 0.15) is 19.6 Å². The normalized spacial score (nSPS) is 11.9. The molecule has 4 nitrogen and oxygen atoms in total. The molecule has 2 aromatic rings. The van der Waals surface area contributed by atoms with E-state index in [1.807, 2.05) is 44.2 Å². The molecule has 0 N–H and O–H groups in total. The summed E-state index contributed by atoms with van der Waals surface area (Å²) in [6.45, 7) is 3.67. The minimum Gasteiger partial charge on any atom is -0.624 e. The second kappa shape index (κ2) is 6.52. The van der Waals surface area contributed by atoms with Gasteiger partial charge in [0.15, 0.2) is 16.9 Å². The fourth-order valence-corrected chi connectivity index (χ4v) is 2.27. The fraction of sp³-hybridized carbons (Fsp3) is 0.267. The summed E-state index contributed by atoms with van der Waals surface area (Å²) in [5, 5.41) is 12.3.